The third-order valence-electron chi connectivity index (χ3n) is 3.11. The zero-order valence-electron chi connectivity index (χ0n) is 10.8. The molecule has 0 unspecified atom stereocenters. The Balaban J connectivity index is 2.12. The zero-order chi connectivity index (χ0) is 15.0. The molecule has 4 N–H and O–H groups in total. The highest BCUT2D eigenvalue weighted by molar-refractivity contribution is 5.63. The number of hydrogen-bond acceptors (Lipinski definition) is 5. The minimum Gasteiger partial charge on any atom is -0.504 e. The normalized spacial score (nSPS) is 10.7. The van der Waals surface area contributed by atoms with Crippen LogP contribution in [0.15, 0.2) is 48.8 Å². The molecule has 6 nitrogen and oxygen atoms in total. The molecule has 0 saturated carbocycles. The summed E-state index contributed by atoms with van der Waals surface area (Å²) in [6, 6.07) is 8.80. The Labute approximate surface area is 119 Å². The van der Waals surface area contributed by atoms with Gasteiger partial charge < -0.3 is 20.4 Å². The number of nitrogens with zero attached hydrogens (tertiary/aromatic N) is 2. The zero-order valence-corrected chi connectivity index (χ0v) is 10.8. The van der Waals surface area contributed by atoms with E-state index in [9.17, 15) is 20.4 Å². The molecule has 0 aliphatic rings. The van der Waals surface area contributed by atoms with Crippen molar-refractivity contribution in [2.45, 2.75) is 0 Å². The van der Waals surface area contributed by atoms with Gasteiger partial charge in [-0.15, -0.1) is 0 Å². The number of aromatic nitrogens is 2. The first-order valence-electron chi connectivity index (χ1n) is 6.14. The van der Waals surface area contributed by atoms with E-state index in [0.717, 1.165) is 0 Å². The van der Waals surface area contributed by atoms with Crippen LogP contribution in [0.2, 0.25) is 0 Å². The number of imidazole rings is 1. The van der Waals surface area contributed by atoms with Crippen LogP contribution in [0.4, 0.5) is 0 Å². The molecule has 0 bridgehead atoms. The number of aromatic hydroxyl groups is 4. The first kappa shape index (κ1) is 12.9. The van der Waals surface area contributed by atoms with Crippen LogP contribution in [-0.2, 0) is 0 Å². The summed E-state index contributed by atoms with van der Waals surface area (Å²) >= 11 is 0. The number of phenols is 4. The Morgan fingerprint density at radius 3 is 2.10 bits per heavy atom. The van der Waals surface area contributed by atoms with Crippen molar-refractivity contribution in [2.24, 2.45) is 0 Å². The van der Waals surface area contributed by atoms with Crippen molar-refractivity contribution in [3.63, 3.8) is 0 Å². The lowest BCUT2D eigenvalue weighted by Crippen LogP contribution is -1.96. The molecule has 0 aliphatic heterocycles. The van der Waals surface area contributed by atoms with E-state index in [-0.39, 0.29) is 23.0 Å². The van der Waals surface area contributed by atoms with Crippen molar-refractivity contribution >= 4 is 0 Å². The van der Waals surface area contributed by atoms with Gasteiger partial charge >= 0.3 is 0 Å². The maximum Gasteiger partial charge on any atom is 0.159 e. The first-order chi connectivity index (χ1) is 10.1. The van der Waals surface area contributed by atoms with Crippen LogP contribution in [0.25, 0.3) is 17.1 Å². The minimum atomic E-state index is -0.240. The van der Waals surface area contributed by atoms with Crippen molar-refractivity contribution in [3.8, 4) is 40.1 Å². The summed E-state index contributed by atoms with van der Waals surface area (Å²) < 4.78 is 1.69. The highest BCUT2D eigenvalue weighted by Crippen LogP contribution is 2.32. The van der Waals surface area contributed by atoms with Crippen molar-refractivity contribution < 1.29 is 20.4 Å². The lowest BCUT2D eigenvalue weighted by molar-refractivity contribution is 0.403. The third kappa shape index (κ3) is 2.23. The van der Waals surface area contributed by atoms with E-state index in [1.165, 1.54) is 24.3 Å². The smallest absolute Gasteiger partial charge is 0.159 e. The summed E-state index contributed by atoms with van der Waals surface area (Å²) in [5.74, 6) is -0.367. The summed E-state index contributed by atoms with van der Waals surface area (Å²) in [5.41, 5.74) is 1.20. The van der Waals surface area contributed by atoms with Gasteiger partial charge in [-0.1, -0.05) is 0 Å². The fourth-order valence-corrected chi connectivity index (χ4v) is 2.05. The molecule has 0 spiro atoms. The predicted octanol–water partition coefficient (Wildman–Crippen LogP) is 2.36. The lowest BCUT2D eigenvalue weighted by atomic mass is 10.2. The van der Waals surface area contributed by atoms with E-state index in [1.54, 1.807) is 29.1 Å². The van der Waals surface area contributed by atoms with Crippen molar-refractivity contribution in [1.82, 2.24) is 9.55 Å². The molecule has 1 heterocycles. The van der Waals surface area contributed by atoms with Crippen LogP contribution in [0.3, 0.4) is 0 Å². The number of rotatable bonds is 2. The second-order valence-electron chi connectivity index (χ2n) is 4.50. The van der Waals surface area contributed by atoms with E-state index < -0.39 is 0 Å². The van der Waals surface area contributed by atoms with Crippen molar-refractivity contribution in [2.75, 3.05) is 0 Å². The van der Waals surface area contributed by atoms with Crippen LogP contribution in [-0.4, -0.2) is 30.0 Å². The van der Waals surface area contributed by atoms with Gasteiger partial charge in [-0.3, -0.25) is 4.57 Å². The standard InChI is InChI=1S/C15H12N2O4/c18-11-3-1-9(7-13(11)20)15-16-5-6-17(15)10-2-4-12(19)14(21)8-10/h1-8,18-21H. The SMILES string of the molecule is Oc1ccc(-c2nccn2-c2ccc(O)c(O)c2)cc1O. The Hall–Kier alpha value is -3.15. The van der Waals surface area contributed by atoms with Gasteiger partial charge in [0.25, 0.3) is 0 Å². The summed E-state index contributed by atoms with van der Waals surface area (Å²) in [5, 5.41) is 37.9. The van der Waals surface area contributed by atoms with Gasteiger partial charge in [0.15, 0.2) is 23.0 Å². The molecule has 3 rings (SSSR count). The van der Waals surface area contributed by atoms with Crippen LogP contribution in [0.1, 0.15) is 0 Å². The lowest BCUT2D eigenvalue weighted by Gasteiger charge is -2.09. The van der Waals surface area contributed by atoms with Gasteiger partial charge in [0.1, 0.15) is 5.82 Å². The van der Waals surface area contributed by atoms with Crippen LogP contribution >= 0.6 is 0 Å². The van der Waals surface area contributed by atoms with Crippen molar-refractivity contribution in [1.29, 1.82) is 0 Å². The maximum atomic E-state index is 9.58. The average Bonchev–Trinajstić information content (AvgIpc) is 2.94. The van der Waals surface area contributed by atoms with Gasteiger partial charge in [0.05, 0.1) is 5.69 Å². The topological polar surface area (TPSA) is 98.7 Å². The van der Waals surface area contributed by atoms with E-state index in [2.05, 4.69) is 4.98 Å². The Kier molecular flexibility index (Phi) is 2.91. The quantitative estimate of drug-likeness (QED) is 0.541. The monoisotopic (exact) mass is 284 g/mol. The van der Waals surface area contributed by atoms with Gasteiger partial charge in [-0.25, -0.2) is 4.98 Å². The Morgan fingerprint density at radius 2 is 1.43 bits per heavy atom. The molecular weight excluding hydrogens is 272 g/mol. The van der Waals surface area contributed by atoms with Gasteiger partial charge in [0.2, 0.25) is 0 Å². The summed E-state index contributed by atoms with van der Waals surface area (Å²) in [4.78, 5) is 4.21. The Bertz CT molecular complexity index is 745. The minimum absolute atomic E-state index is 0.206. The molecule has 0 amide bonds. The van der Waals surface area contributed by atoms with Gasteiger partial charge in [0, 0.05) is 24.0 Å². The van der Waals surface area contributed by atoms with E-state index in [0.29, 0.717) is 17.1 Å². The van der Waals surface area contributed by atoms with Gasteiger partial charge in [-0.05, 0) is 30.3 Å². The second-order valence-corrected chi connectivity index (χ2v) is 4.50. The van der Waals surface area contributed by atoms with E-state index >= 15 is 0 Å². The highest BCUT2D eigenvalue weighted by atomic mass is 16.3. The molecule has 0 atom stereocenters. The summed E-state index contributed by atoms with van der Waals surface area (Å²) in [6.45, 7) is 0. The Morgan fingerprint density at radius 1 is 0.762 bits per heavy atom. The van der Waals surface area contributed by atoms with Crippen LogP contribution in [0.5, 0.6) is 23.0 Å². The van der Waals surface area contributed by atoms with E-state index in [4.69, 9.17) is 0 Å². The molecule has 21 heavy (non-hydrogen) atoms. The molecule has 0 radical (unpaired) electrons. The molecule has 1 aromatic heterocycles. The fourth-order valence-electron chi connectivity index (χ4n) is 2.05. The summed E-state index contributed by atoms with van der Waals surface area (Å²) in [6.07, 6.45) is 3.26. The molecule has 0 aliphatic carbocycles. The molecule has 0 saturated heterocycles. The largest absolute Gasteiger partial charge is 0.504 e. The molecule has 2 aromatic carbocycles. The summed E-state index contributed by atoms with van der Waals surface area (Å²) in [7, 11) is 0. The number of benzene rings is 2. The number of hydrogen-bond donors (Lipinski definition) is 4. The predicted molar refractivity (Wildman–Crippen MR) is 75.7 cm³/mol. The van der Waals surface area contributed by atoms with Crippen LogP contribution in [0, 0.1) is 0 Å². The van der Waals surface area contributed by atoms with Crippen LogP contribution < -0.4 is 0 Å². The molecule has 3 aromatic rings. The van der Waals surface area contributed by atoms with E-state index in [1.807, 2.05) is 0 Å². The molecule has 0 fully saturated rings. The number of phenolic OH excluding ortho intramolecular Hbond substituents is 4. The molecule has 6 heteroatoms. The molecular formula is C15H12N2O4. The fraction of sp³-hybridized carbons (Fsp3) is 0. The first-order valence-corrected chi connectivity index (χ1v) is 6.14. The second kappa shape index (κ2) is 4.75. The molecule has 106 valence electrons. The van der Waals surface area contributed by atoms with Gasteiger partial charge in [-0.2, -0.15) is 0 Å². The van der Waals surface area contributed by atoms with Crippen molar-refractivity contribution in [3.05, 3.63) is 48.8 Å². The third-order valence-corrected chi connectivity index (χ3v) is 3.11. The highest BCUT2D eigenvalue weighted by Gasteiger charge is 2.11. The maximum absolute atomic E-state index is 9.58. The average molecular weight is 284 g/mol.